The van der Waals surface area contributed by atoms with Gasteiger partial charge in [-0.2, -0.15) is 0 Å². The number of fused-ring (bicyclic) bond motifs is 1. The van der Waals surface area contributed by atoms with E-state index in [0.717, 1.165) is 5.04 Å². The molecule has 4 nitrogen and oxygen atoms in total. The van der Waals surface area contributed by atoms with Crippen molar-refractivity contribution in [2.45, 2.75) is 31.7 Å². The first-order valence-electron chi connectivity index (χ1n) is 5.72. The van der Waals surface area contributed by atoms with Gasteiger partial charge in [0.1, 0.15) is 17.6 Å². The lowest BCUT2D eigenvalue weighted by Gasteiger charge is -2.31. The third-order valence-electron chi connectivity index (χ3n) is 2.71. The van der Waals surface area contributed by atoms with E-state index in [1.54, 1.807) is 11.8 Å². The molecule has 2 heterocycles. The van der Waals surface area contributed by atoms with Gasteiger partial charge in [-0.1, -0.05) is 37.8 Å². The van der Waals surface area contributed by atoms with E-state index in [0.29, 0.717) is 12.5 Å². The standard InChI is InChI=1S/C12H17NO3S/c1-8(2)10-13-12(7-16-9(3)14)5-4-6-15-11(12)17-10/h4-5,8,11H,6-7H2,1-3H3. The van der Waals surface area contributed by atoms with Gasteiger partial charge in [0, 0.05) is 12.8 Å². The molecule has 2 aliphatic heterocycles. The van der Waals surface area contributed by atoms with Gasteiger partial charge in [0.15, 0.2) is 0 Å². The fourth-order valence-electron chi connectivity index (χ4n) is 1.82. The number of hydrogen-bond acceptors (Lipinski definition) is 5. The molecule has 0 aromatic rings. The van der Waals surface area contributed by atoms with Gasteiger partial charge < -0.3 is 9.47 Å². The summed E-state index contributed by atoms with van der Waals surface area (Å²) in [6, 6.07) is 0. The number of carbonyl (C=O) groups is 1. The number of nitrogens with zero attached hydrogens (tertiary/aromatic N) is 1. The molecule has 2 rings (SSSR count). The summed E-state index contributed by atoms with van der Waals surface area (Å²) in [6.45, 7) is 6.47. The predicted octanol–water partition coefficient (Wildman–Crippen LogP) is 2.00. The Bertz CT molecular complexity index is 378. The van der Waals surface area contributed by atoms with Crippen LogP contribution in [-0.2, 0) is 14.3 Å². The quantitative estimate of drug-likeness (QED) is 0.571. The number of rotatable bonds is 3. The number of ether oxygens (including phenoxy) is 2. The summed E-state index contributed by atoms with van der Waals surface area (Å²) in [5.74, 6) is 0.0899. The van der Waals surface area contributed by atoms with Crippen LogP contribution in [0.15, 0.2) is 17.1 Å². The fourth-order valence-corrected chi connectivity index (χ4v) is 3.08. The molecule has 2 aliphatic rings. The summed E-state index contributed by atoms with van der Waals surface area (Å²) in [7, 11) is 0. The van der Waals surface area contributed by atoms with Crippen molar-refractivity contribution in [3.8, 4) is 0 Å². The van der Waals surface area contributed by atoms with E-state index in [-0.39, 0.29) is 18.0 Å². The SMILES string of the molecule is CC(=O)OCC12C=CCOC1SC(C(C)C)=N2. The number of carbonyl (C=O) groups excluding carboxylic acids is 1. The van der Waals surface area contributed by atoms with E-state index in [1.807, 2.05) is 12.2 Å². The topological polar surface area (TPSA) is 47.9 Å². The van der Waals surface area contributed by atoms with Crippen LogP contribution in [0, 0.1) is 5.92 Å². The van der Waals surface area contributed by atoms with E-state index in [4.69, 9.17) is 14.5 Å². The van der Waals surface area contributed by atoms with Crippen LogP contribution in [0.25, 0.3) is 0 Å². The first kappa shape index (κ1) is 12.6. The molecule has 2 unspecified atom stereocenters. The fraction of sp³-hybridized carbons (Fsp3) is 0.667. The Kier molecular flexibility index (Phi) is 3.58. The monoisotopic (exact) mass is 255 g/mol. The van der Waals surface area contributed by atoms with Crippen molar-refractivity contribution in [3.63, 3.8) is 0 Å². The number of hydrogen-bond donors (Lipinski definition) is 0. The molecule has 0 aliphatic carbocycles. The third-order valence-corrected chi connectivity index (χ3v) is 4.27. The van der Waals surface area contributed by atoms with E-state index in [9.17, 15) is 4.79 Å². The lowest BCUT2D eigenvalue weighted by molar-refractivity contribution is -0.143. The molecule has 94 valence electrons. The van der Waals surface area contributed by atoms with E-state index in [1.165, 1.54) is 6.92 Å². The lowest BCUT2D eigenvalue weighted by Crippen LogP contribution is -2.43. The minimum absolute atomic E-state index is 0.0655. The highest BCUT2D eigenvalue weighted by atomic mass is 32.2. The second-order valence-corrected chi connectivity index (χ2v) is 5.64. The second-order valence-electron chi connectivity index (χ2n) is 4.56. The largest absolute Gasteiger partial charge is 0.463 e. The van der Waals surface area contributed by atoms with Crippen molar-refractivity contribution in [1.82, 2.24) is 0 Å². The highest BCUT2D eigenvalue weighted by Gasteiger charge is 2.46. The first-order chi connectivity index (χ1) is 8.03. The molecule has 0 aromatic carbocycles. The van der Waals surface area contributed by atoms with Gasteiger partial charge in [-0.15, -0.1) is 0 Å². The maximum Gasteiger partial charge on any atom is 0.302 e. The summed E-state index contributed by atoms with van der Waals surface area (Å²) in [4.78, 5) is 15.6. The van der Waals surface area contributed by atoms with E-state index >= 15 is 0 Å². The molecule has 0 saturated heterocycles. The normalized spacial score (nSPS) is 31.3. The van der Waals surface area contributed by atoms with Crippen LogP contribution in [0.5, 0.6) is 0 Å². The van der Waals surface area contributed by atoms with Crippen molar-refractivity contribution in [1.29, 1.82) is 0 Å². The zero-order valence-corrected chi connectivity index (χ0v) is 11.1. The molecule has 17 heavy (non-hydrogen) atoms. The molecule has 0 aromatic heterocycles. The minimum atomic E-state index is -0.520. The Morgan fingerprint density at radius 1 is 1.76 bits per heavy atom. The molecular weight excluding hydrogens is 238 g/mol. The molecule has 5 heteroatoms. The van der Waals surface area contributed by atoms with Gasteiger partial charge in [0.2, 0.25) is 0 Å². The minimum Gasteiger partial charge on any atom is -0.463 e. The molecule has 0 radical (unpaired) electrons. The number of esters is 1. The molecule has 2 atom stereocenters. The Morgan fingerprint density at radius 3 is 3.18 bits per heavy atom. The highest BCUT2D eigenvalue weighted by molar-refractivity contribution is 8.14. The van der Waals surface area contributed by atoms with Crippen LogP contribution in [-0.4, -0.2) is 35.2 Å². The zero-order chi connectivity index (χ0) is 12.5. The molecule has 0 saturated carbocycles. The Balaban J connectivity index is 2.21. The second kappa shape index (κ2) is 4.82. The van der Waals surface area contributed by atoms with Crippen molar-refractivity contribution in [2.75, 3.05) is 13.2 Å². The molecule has 0 bridgehead atoms. The highest BCUT2D eigenvalue weighted by Crippen LogP contribution is 2.41. The summed E-state index contributed by atoms with van der Waals surface area (Å²) < 4.78 is 10.8. The van der Waals surface area contributed by atoms with E-state index in [2.05, 4.69) is 13.8 Å². The van der Waals surface area contributed by atoms with Crippen molar-refractivity contribution < 1.29 is 14.3 Å². The smallest absolute Gasteiger partial charge is 0.302 e. The van der Waals surface area contributed by atoms with Crippen LogP contribution >= 0.6 is 11.8 Å². The van der Waals surface area contributed by atoms with Gasteiger partial charge in [0.25, 0.3) is 0 Å². The molecule has 0 N–H and O–H groups in total. The van der Waals surface area contributed by atoms with Gasteiger partial charge in [-0.05, 0) is 0 Å². The zero-order valence-electron chi connectivity index (χ0n) is 10.3. The molecule has 0 fully saturated rings. The summed E-state index contributed by atoms with van der Waals surface area (Å²) in [5, 5.41) is 1.06. The van der Waals surface area contributed by atoms with Crippen LogP contribution in [0.3, 0.4) is 0 Å². The summed E-state index contributed by atoms with van der Waals surface area (Å²) in [6.07, 6.45) is 3.94. The van der Waals surface area contributed by atoms with Crippen LogP contribution in [0.2, 0.25) is 0 Å². The molecule has 0 spiro atoms. The maximum absolute atomic E-state index is 10.9. The predicted molar refractivity (Wildman–Crippen MR) is 68.1 cm³/mol. The van der Waals surface area contributed by atoms with Gasteiger partial charge in [-0.25, -0.2) is 0 Å². The van der Waals surface area contributed by atoms with Crippen molar-refractivity contribution in [2.24, 2.45) is 10.9 Å². The third kappa shape index (κ3) is 2.55. The Hall–Kier alpha value is -0.810. The van der Waals surface area contributed by atoms with Gasteiger partial charge >= 0.3 is 5.97 Å². The summed E-state index contributed by atoms with van der Waals surface area (Å²) >= 11 is 1.64. The van der Waals surface area contributed by atoms with Gasteiger partial charge in [0.05, 0.1) is 11.7 Å². The number of thioether (sulfide) groups is 1. The molecule has 0 amide bonds. The Morgan fingerprint density at radius 2 is 2.53 bits per heavy atom. The Labute approximate surface area is 105 Å². The maximum atomic E-state index is 10.9. The van der Waals surface area contributed by atoms with E-state index < -0.39 is 5.54 Å². The van der Waals surface area contributed by atoms with Gasteiger partial charge in [-0.3, -0.25) is 9.79 Å². The summed E-state index contributed by atoms with van der Waals surface area (Å²) in [5.41, 5.74) is -0.585. The lowest BCUT2D eigenvalue weighted by atomic mass is 10.00. The van der Waals surface area contributed by atoms with Crippen LogP contribution in [0.4, 0.5) is 0 Å². The van der Waals surface area contributed by atoms with Crippen molar-refractivity contribution in [3.05, 3.63) is 12.2 Å². The number of aliphatic imine (C=N–C) groups is 1. The van der Waals surface area contributed by atoms with Crippen molar-refractivity contribution >= 4 is 22.8 Å². The average Bonchev–Trinajstić information content (AvgIpc) is 2.66. The average molecular weight is 255 g/mol. The molecular formula is C12H17NO3S. The van der Waals surface area contributed by atoms with Crippen LogP contribution in [0.1, 0.15) is 20.8 Å². The van der Waals surface area contributed by atoms with Crippen LogP contribution < -0.4 is 0 Å². The first-order valence-corrected chi connectivity index (χ1v) is 6.60.